The van der Waals surface area contributed by atoms with Crippen LogP contribution in [0.15, 0.2) is 60.5 Å². The molecule has 2 aliphatic rings. The molecule has 0 amide bonds. The SMILES string of the molecule is CCc1nc(C)ncc1OC[C@@]1(c2ccccc2)C[C@H]1[NH+]([O-])NC1=CC(C)C(F)C=C1. The lowest BCUT2D eigenvalue weighted by Gasteiger charge is -2.29. The van der Waals surface area contributed by atoms with E-state index in [4.69, 9.17) is 4.74 Å². The van der Waals surface area contributed by atoms with E-state index in [1.807, 2.05) is 44.2 Å². The zero-order valence-corrected chi connectivity index (χ0v) is 18.1. The van der Waals surface area contributed by atoms with Crippen LogP contribution in [0, 0.1) is 18.0 Å². The standard InChI is InChI=1S/C24H29FN4O2/c1-4-21-22(14-26-17(3)27-21)31-15-24(18-8-6-5-7-9-18)13-23(24)29(30)28-19-10-11-20(25)16(2)12-19/h5-12,14,16,20,23,28-29H,4,13,15H2,1-3H3/t16?,20?,23-,24-/m1/s1. The number of quaternary nitrogens is 1. The fourth-order valence-electron chi connectivity index (χ4n) is 4.18. The number of alkyl halides is 1. The minimum absolute atomic E-state index is 0.0660. The number of allylic oxidation sites excluding steroid dienone is 3. The Hall–Kier alpha value is -2.77. The van der Waals surface area contributed by atoms with Crippen LogP contribution in [0.4, 0.5) is 4.39 Å². The molecule has 1 fully saturated rings. The van der Waals surface area contributed by atoms with Gasteiger partial charge in [-0.1, -0.05) is 50.3 Å². The highest BCUT2D eigenvalue weighted by atomic mass is 19.1. The van der Waals surface area contributed by atoms with Crippen molar-refractivity contribution in [2.45, 2.75) is 51.2 Å². The van der Waals surface area contributed by atoms with Crippen LogP contribution < -0.4 is 15.3 Å². The van der Waals surface area contributed by atoms with E-state index in [0.717, 1.165) is 17.7 Å². The number of hydrogen-bond donors (Lipinski definition) is 2. The summed E-state index contributed by atoms with van der Waals surface area (Å²) in [6.07, 6.45) is 7.03. The molecule has 2 aliphatic carbocycles. The number of hydroxylamine groups is 1. The number of nitrogens with one attached hydrogen (secondary N) is 2. The molecule has 0 radical (unpaired) electrons. The van der Waals surface area contributed by atoms with Crippen LogP contribution in [-0.2, 0) is 11.8 Å². The summed E-state index contributed by atoms with van der Waals surface area (Å²) in [6.45, 7) is 6.06. The first-order valence-electron chi connectivity index (χ1n) is 10.8. The molecule has 1 saturated carbocycles. The fourth-order valence-corrected chi connectivity index (χ4v) is 4.18. The fraction of sp³-hybridized carbons (Fsp3) is 0.417. The molecule has 5 atom stereocenters. The third-order valence-corrected chi connectivity index (χ3v) is 6.18. The summed E-state index contributed by atoms with van der Waals surface area (Å²) < 4.78 is 19.9. The number of rotatable bonds is 8. The van der Waals surface area contributed by atoms with Gasteiger partial charge in [0, 0.05) is 12.3 Å². The van der Waals surface area contributed by atoms with Gasteiger partial charge in [-0.05, 0) is 31.1 Å². The second kappa shape index (κ2) is 8.77. The Kier molecular flexibility index (Phi) is 6.07. The van der Waals surface area contributed by atoms with Gasteiger partial charge in [0.25, 0.3) is 0 Å². The summed E-state index contributed by atoms with van der Waals surface area (Å²) >= 11 is 0. The number of hydrogen-bond acceptors (Lipinski definition) is 5. The smallest absolute Gasteiger partial charge is 0.159 e. The lowest BCUT2D eigenvalue weighted by molar-refractivity contribution is -0.904. The molecule has 2 N–H and O–H groups in total. The van der Waals surface area contributed by atoms with Crippen molar-refractivity contribution >= 4 is 0 Å². The van der Waals surface area contributed by atoms with Crippen molar-refractivity contribution in [3.05, 3.63) is 82.7 Å². The van der Waals surface area contributed by atoms with E-state index in [1.54, 1.807) is 25.3 Å². The van der Waals surface area contributed by atoms with Crippen LogP contribution in [-0.4, -0.2) is 28.8 Å². The van der Waals surface area contributed by atoms with Crippen LogP contribution in [0.5, 0.6) is 5.75 Å². The Balaban J connectivity index is 1.52. The Morgan fingerprint density at radius 2 is 2.10 bits per heavy atom. The second-order valence-corrected chi connectivity index (χ2v) is 8.42. The molecule has 4 rings (SSSR count). The molecule has 1 aromatic carbocycles. The maximum atomic E-state index is 13.7. The molecule has 0 aliphatic heterocycles. The number of aryl methyl sites for hydroxylation is 2. The molecule has 6 nitrogen and oxygen atoms in total. The molecule has 0 bridgehead atoms. The average molecular weight is 425 g/mol. The van der Waals surface area contributed by atoms with Gasteiger partial charge in [0.2, 0.25) is 0 Å². The van der Waals surface area contributed by atoms with Crippen LogP contribution in [0.3, 0.4) is 0 Å². The van der Waals surface area contributed by atoms with Crippen molar-refractivity contribution in [2.75, 3.05) is 6.61 Å². The lowest BCUT2D eigenvalue weighted by atomic mass is 9.96. The highest BCUT2D eigenvalue weighted by Crippen LogP contribution is 2.47. The van der Waals surface area contributed by atoms with E-state index < -0.39 is 11.6 Å². The molecular weight excluding hydrogens is 395 g/mol. The first-order chi connectivity index (χ1) is 14.9. The Bertz CT molecular complexity index is 981. The molecule has 1 heterocycles. The monoisotopic (exact) mass is 424 g/mol. The van der Waals surface area contributed by atoms with E-state index in [1.165, 1.54) is 6.08 Å². The van der Waals surface area contributed by atoms with Crippen molar-refractivity contribution in [1.82, 2.24) is 15.4 Å². The van der Waals surface area contributed by atoms with E-state index in [-0.39, 0.29) is 17.1 Å². The molecule has 3 unspecified atom stereocenters. The second-order valence-electron chi connectivity index (χ2n) is 8.42. The van der Waals surface area contributed by atoms with Crippen molar-refractivity contribution < 1.29 is 14.3 Å². The molecule has 0 spiro atoms. The first kappa shape index (κ1) is 21.5. The number of benzene rings is 1. The number of aromatic nitrogens is 2. The lowest BCUT2D eigenvalue weighted by Crippen LogP contribution is -3.16. The summed E-state index contributed by atoms with van der Waals surface area (Å²) in [5.74, 6) is 1.12. The van der Waals surface area contributed by atoms with Gasteiger partial charge in [-0.2, -0.15) is 0 Å². The van der Waals surface area contributed by atoms with Crippen molar-refractivity contribution in [3.8, 4) is 5.75 Å². The normalized spacial score (nSPS) is 28.0. The van der Waals surface area contributed by atoms with Crippen molar-refractivity contribution in [2.24, 2.45) is 5.92 Å². The van der Waals surface area contributed by atoms with Gasteiger partial charge in [0.15, 0.2) is 5.75 Å². The zero-order valence-electron chi connectivity index (χ0n) is 18.1. The molecule has 2 aromatic rings. The topological polar surface area (TPSA) is 74.5 Å². The predicted octanol–water partition coefficient (Wildman–Crippen LogP) is 2.75. The van der Waals surface area contributed by atoms with Crippen molar-refractivity contribution in [3.63, 3.8) is 0 Å². The summed E-state index contributed by atoms with van der Waals surface area (Å²) in [5.41, 5.74) is 5.16. The maximum Gasteiger partial charge on any atom is 0.159 e. The van der Waals surface area contributed by atoms with Gasteiger partial charge in [0.1, 0.15) is 24.6 Å². The third kappa shape index (κ3) is 4.48. The van der Waals surface area contributed by atoms with Gasteiger partial charge in [-0.3, -0.25) is 5.17 Å². The molecular formula is C24H29FN4O2. The average Bonchev–Trinajstić information content (AvgIpc) is 3.52. The van der Waals surface area contributed by atoms with Gasteiger partial charge >= 0.3 is 0 Å². The highest BCUT2D eigenvalue weighted by molar-refractivity contribution is 5.36. The molecule has 0 saturated heterocycles. The van der Waals surface area contributed by atoms with Crippen LogP contribution in [0.1, 0.15) is 37.4 Å². The molecule has 1 aromatic heterocycles. The maximum absolute atomic E-state index is 13.7. The van der Waals surface area contributed by atoms with Gasteiger partial charge in [0.05, 0.1) is 23.0 Å². The molecule has 164 valence electrons. The minimum atomic E-state index is -1.01. The summed E-state index contributed by atoms with van der Waals surface area (Å²) in [4.78, 5) is 8.73. The quantitative estimate of drug-likeness (QED) is 0.638. The molecule has 31 heavy (non-hydrogen) atoms. The Morgan fingerprint density at radius 3 is 2.81 bits per heavy atom. The summed E-state index contributed by atoms with van der Waals surface area (Å²) in [5, 5.41) is 13.0. The third-order valence-electron chi connectivity index (χ3n) is 6.18. The Morgan fingerprint density at radius 1 is 1.32 bits per heavy atom. The summed E-state index contributed by atoms with van der Waals surface area (Å²) in [6, 6.07) is 9.78. The van der Waals surface area contributed by atoms with Crippen LogP contribution >= 0.6 is 0 Å². The summed E-state index contributed by atoms with van der Waals surface area (Å²) in [7, 11) is 0. The van der Waals surface area contributed by atoms with Crippen LogP contribution in [0.25, 0.3) is 0 Å². The Labute approximate surface area is 182 Å². The van der Waals surface area contributed by atoms with E-state index in [2.05, 4.69) is 15.4 Å². The van der Waals surface area contributed by atoms with E-state index in [9.17, 15) is 9.60 Å². The van der Waals surface area contributed by atoms with Crippen LogP contribution in [0.2, 0.25) is 0 Å². The van der Waals surface area contributed by atoms with Gasteiger partial charge < -0.3 is 9.94 Å². The minimum Gasteiger partial charge on any atom is -0.608 e. The number of nitrogens with zero attached hydrogens (tertiary/aromatic N) is 2. The number of ether oxygens (including phenoxy) is 1. The molecule has 7 heteroatoms. The largest absolute Gasteiger partial charge is 0.608 e. The van der Waals surface area contributed by atoms with E-state index in [0.29, 0.717) is 30.3 Å². The highest BCUT2D eigenvalue weighted by Gasteiger charge is 2.62. The van der Waals surface area contributed by atoms with Crippen molar-refractivity contribution in [1.29, 1.82) is 0 Å². The van der Waals surface area contributed by atoms with E-state index >= 15 is 0 Å². The van der Waals surface area contributed by atoms with Gasteiger partial charge in [-0.25, -0.2) is 19.8 Å². The number of halogens is 1. The van der Waals surface area contributed by atoms with Gasteiger partial charge in [-0.15, -0.1) is 0 Å². The zero-order chi connectivity index (χ0) is 22.0. The predicted molar refractivity (Wildman–Crippen MR) is 117 cm³/mol. The first-order valence-corrected chi connectivity index (χ1v) is 10.8.